The molecular formula is C24H28FN3O3. The van der Waals surface area contributed by atoms with E-state index < -0.39 is 5.82 Å². The van der Waals surface area contributed by atoms with Crippen molar-refractivity contribution >= 4 is 17.6 Å². The Bertz CT molecular complexity index is 913. The van der Waals surface area contributed by atoms with E-state index in [2.05, 4.69) is 10.6 Å². The van der Waals surface area contributed by atoms with Gasteiger partial charge in [0.05, 0.1) is 11.3 Å². The van der Waals surface area contributed by atoms with Gasteiger partial charge in [0.1, 0.15) is 5.82 Å². The van der Waals surface area contributed by atoms with E-state index in [1.54, 1.807) is 23.1 Å². The molecule has 7 heteroatoms. The molecule has 3 amide bonds. The molecule has 2 heterocycles. The molecular weight excluding hydrogens is 397 g/mol. The van der Waals surface area contributed by atoms with Crippen molar-refractivity contribution in [2.24, 2.45) is 5.92 Å². The fourth-order valence-electron chi connectivity index (χ4n) is 4.45. The number of ether oxygens (including phenoxy) is 1. The van der Waals surface area contributed by atoms with Gasteiger partial charge in [0.15, 0.2) is 0 Å². The van der Waals surface area contributed by atoms with Gasteiger partial charge in [-0.25, -0.2) is 9.18 Å². The predicted octanol–water partition coefficient (Wildman–Crippen LogP) is 4.05. The molecule has 2 aliphatic rings. The lowest BCUT2D eigenvalue weighted by atomic mass is 9.79. The quantitative estimate of drug-likeness (QED) is 0.777. The van der Waals surface area contributed by atoms with Gasteiger partial charge in [0.25, 0.3) is 5.91 Å². The number of rotatable bonds is 4. The van der Waals surface area contributed by atoms with E-state index in [1.807, 2.05) is 30.3 Å². The van der Waals surface area contributed by atoms with Crippen molar-refractivity contribution in [1.29, 1.82) is 0 Å². The summed E-state index contributed by atoms with van der Waals surface area (Å²) in [5.41, 5.74) is 0.601. The highest BCUT2D eigenvalue weighted by Gasteiger charge is 2.41. The van der Waals surface area contributed by atoms with E-state index in [0.29, 0.717) is 37.7 Å². The second kappa shape index (κ2) is 9.47. The third-order valence-corrected chi connectivity index (χ3v) is 6.26. The number of benzene rings is 2. The lowest BCUT2D eigenvalue weighted by molar-refractivity contribution is -0.122. The van der Waals surface area contributed by atoms with E-state index >= 15 is 0 Å². The Morgan fingerprint density at radius 1 is 1.06 bits per heavy atom. The molecule has 164 valence electrons. The first-order chi connectivity index (χ1) is 15.0. The van der Waals surface area contributed by atoms with Crippen molar-refractivity contribution in [2.75, 3.05) is 31.6 Å². The summed E-state index contributed by atoms with van der Waals surface area (Å²) in [5.74, 6) is -0.152. The van der Waals surface area contributed by atoms with Gasteiger partial charge in [0.2, 0.25) is 0 Å². The maximum Gasteiger partial charge on any atom is 0.321 e. The lowest BCUT2D eigenvalue weighted by Crippen LogP contribution is -2.52. The zero-order valence-corrected chi connectivity index (χ0v) is 17.5. The number of urea groups is 1. The highest BCUT2D eigenvalue weighted by Crippen LogP contribution is 2.37. The molecule has 0 bridgehead atoms. The Morgan fingerprint density at radius 3 is 2.52 bits per heavy atom. The smallest absolute Gasteiger partial charge is 0.321 e. The van der Waals surface area contributed by atoms with Crippen LogP contribution in [0.3, 0.4) is 0 Å². The largest absolute Gasteiger partial charge is 0.375 e. The minimum Gasteiger partial charge on any atom is -0.375 e. The number of nitrogens with one attached hydrogen (secondary N) is 2. The van der Waals surface area contributed by atoms with Crippen LogP contribution in [-0.2, 0) is 4.74 Å². The molecule has 1 atom stereocenters. The number of para-hydroxylation sites is 1. The van der Waals surface area contributed by atoms with Crippen LogP contribution in [0, 0.1) is 11.7 Å². The summed E-state index contributed by atoms with van der Waals surface area (Å²) in [6.07, 6.45) is 3.25. The first-order valence-electron chi connectivity index (χ1n) is 10.8. The van der Waals surface area contributed by atoms with Gasteiger partial charge in [-0.05, 0) is 55.9 Å². The first-order valence-corrected chi connectivity index (χ1v) is 10.8. The fourth-order valence-corrected chi connectivity index (χ4v) is 4.45. The van der Waals surface area contributed by atoms with E-state index in [9.17, 15) is 14.0 Å². The molecule has 4 rings (SSSR count). The Labute approximate surface area is 181 Å². The molecule has 1 unspecified atom stereocenters. The van der Waals surface area contributed by atoms with Gasteiger partial charge in [-0.3, -0.25) is 4.79 Å². The van der Waals surface area contributed by atoms with Crippen LogP contribution in [0.1, 0.15) is 36.0 Å². The third-order valence-electron chi connectivity index (χ3n) is 6.26. The van der Waals surface area contributed by atoms with Gasteiger partial charge < -0.3 is 20.3 Å². The molecule has 6 nitrogen and oxygen atoms in total. The number of carbonyl (C=O) groups is 2. The molecule has 0 aromatic heterocycles. The number of hydrogen-bond donors (Lipinski definition) is 2. The zero-order chi connectivity index (χ0) is 21.7. The number of anilines is 1. The van der Waals surface area contributed by atoms with Gasteiger partial charge in [-0.2, -0.15) is 0 Å². The minimum atomic E-state index is -0.444. The molecule has 0 radical (unpaired) electrons. The minimum absolute atomic E-state index is 0.0548. The normalized spacial score (nSPS) is 20.3. The molecule has 1 spiro atoms. The fraction of sp³-hybridized carbons (Fsp3) is 0.417. The number of nitrogens with zero attached hydrogens (tertiary/aromatic N) is 1. The molecule has 31 heavy (non-hydrogen) atoms. The molecule has 2 aromatic carbocycles. The molecule has 0 saturated carbocycles. The highest BCUT2D eigenvalue weighted by molar-refractivity contribution is 5.94. The number of piperidine rings is 1. The Morgan fingerprint density at radius 2 is 1.77 bits per heavy atom. The highest BCUT2D eigenvalue weighted by atomic mass is 19.1. The van der Waals surface area contributed by atoms with Crippen molar-refractivity contribution in [1.82, 2.24) is 10.2 Å². The summed E-state index contributed by atoms with van der Waals surface area (Å²) in [5, 5.41) is 5.70. The third kappa shape index (κ3) is 5.22. The van der Waals surface area contributed by atoms with Gasteiger partial charge >= 0.3 is 6.03 Å². The first kappa shape index (κ1) is 21.3. The van der Waals surface area contributed by atoms with Crippen LogP contribution in [0.4, 0.5) is 14.9 Å². The molecule has 2 aliphatic heterocycles. The number of carbonyl (C=O) groups excluding carboxylic acids is 2. The average molecular weight is 426 g/mol. The second-order valence-electron chi connectivity index (χ2n) is 8.36. The van der Waals surface area contributed by atoms with E-state index in [4.69, 9.17) is 4.74 Å². The molecule has 2 saturated heterocycles. The second-order valence-corrected chi connectivity index (χ2v) is 8.36. The van der Waals surface area contributed by atoms with E-state index in [-0.39, 0.29) is 23.2 Å². The van der Waals surface area contributed by atoms with Crippen LogP contribution in [0.25, 0.3) is 0 Å². The van der Waals surface area contributed by atoms with Gasteiger partial charge in [-0.1, -0.05) is 30.3 Å². The van der Waals surface area contributed by atoms with Crippen LogP contribution in [0.2, 0.25) is 0 Å². The maximum absolute atomic E-state index is 13.8. The number of amides is 3. The Hall–Kier alpha value is -2.93. The van der Waals surface area contributed by atoms with Crippen LogP contribution < -0.4 is 10.6 Å². The topological polar surface area (TPSA) is 70.7 Å². The zero-order valence-electron chi connectivity index (χ0n) is 17.5. The Kier molecular flexibility index (Phi) is 6.51. The summed E-state index contributed by atoms with van der Waals surface area (Å²) in [7, 11) is 0. The molecule has 2 N–H and O–H groups in total. The number of likely N-dealkylation sites (tertiary alicyclic amines) is 1. The van der Waals surface area contributed by atoms with E-state index in [0.717, 1.165) is 25.7 Å². The summed E-state index contributed by atoms with van der Waals surface area (Å²) >= 11 is 0. The van der Waals surface area contributed by atoms with Gasteiger partial charge in [-0.15, -0.1) is 0 Å². The summed E-state index contributed by atoms with van der Waals surface area (Å²) < 4.78 is 20.0. The SMILES string of the molecule is O=C(NCC1CCOC2(CCN(C(=O)Nc3ccccc3F)CC2)C1)c1ccccc1. The average Bonchev–Trinajstić information content (AvgIpc) is 2.80. The van der Waals surface area contributed by atoms with Crippen molar-refractivity contribution in [3.8, 4) is 0 Å². The summed E-state index contributed by atoms with van der Waals surface area (Å²) in [6.45, 7) is 2.40. The molecule has 2 fully saturated rings. The Balaban J connectivity index is 1.27. The summed E-state index contributed by atoms with van der Waals surface area (Å²) in [4.78, 5) is 26.6. The molecule has 0 aliphatic carbocycles. The van der Waals surface area contributed by atoms with E-state index in [1.165, 1.54) is 6.07 Å². The monoisotopic (exact) mass is 425 g/mol. The van der Waals surface area contributed by atoms with Crippen molar-refractivity contribution < 1.29 is 18.7 Å². The number of hydrogen-bond acceptors (Lipinski definition) is 3. The van der Waals surface area contributed by atoms with Crippen LogP contribution in [-0.4, -0.2) is 48.7 Å². The van der Waals surface area contributed by atoms with Crippen LogP contribution >= 0.6 is 0 Å². The lowest BCUT2D eigenvalue weighted by Gasteiger charge is -2.46. The van der Waals surface area contributed by atoms with Crippen LogP contribution in [0.15, 0.2) is 54.6 Å². The van der Waals surface area contributed by atoms with Crippen LogP contribution in [0.5, 0.6) is 0 Å². The van der Waals surface area contributed by atoms with Gasteiger partial charge in [0, 0.05) is 31.8 Å². The van der Waals surface area contributed by atoms with Crippen molar-refractivity contribution in [3.05, 3.63) is 66.0 Å². The standard InChI is InChI=1S/C24H28FN3O3/c25-20-8-4-5-9-21(20)27-23(30)28-13-11-24(12-14-28)16-18(10-15-31-24)17-26-22(29)19-6-2-1-3-7-19/h1-9,18H,10-17H2,(H,26,29)(H,27,30). The predicted molar refractivity (Wildman–Crippen MR) is 116 cm³/mol. The number of halogens is 1. The molecule has 2 aromatic rings. The van der Waals surface area contributed by atoms with Crippen molar-refractivity contribution in [3.63, 3.8) is 0 Å². The maximum atomic E-state index is 13.8. The summed E-state index contributed by atoms with van der Waals surface area (Å²) in [6, 6.07) is 15.1. The van der Waals surface area contributed by atoms with Crippen molar-refractivity contribution in [2.45, 2.75) is 31.3 Å².